The van der Waals surface area contributed by atoms with Crippen LogP contribution in [0.1, 0.15) is 0 Å². The van der Waals surface area contributed by atoms with Gasteiger partial charge in [-0.25, -0.2) is 0 Å². The van der Waals surface area contributed by atoms with Gasteiger partial charge >= 0.3 is 0 Å². The Morgan fingerprint density at radius 1 is 1.60 bits per heavy atom. The summed E-state index contributed by atoms with van der Waals surface area (Å²) in [7, 11) is 0. The van der Waals surface area contributed by atoms with Crippen LogP contribution in [0.5, 0.6) is 0 Å². The topological polar surface area (TPSA) is 44.1 Å². The highest BCUT2D eigenvalue weighted by atomic mass is 16.2. The normalized spacial score (nSPS) is 8.80. The maximum absolute atomic E-state index is 7.73. The number of nitrogens with one attached hydrogen (secondary N) is 1. The molecule has 28 valence electrons. The molecule has 2 N–H and O–H groups in total. The molecule has 0 saturated heterocycles. The molecule has 0 aromatic rings. The van der Waals surface area contributed by atoms with Crippen LogP contribution in [0.2, 0.25) is 0 Å². The van der Waals surface area contributed by atoms with Crippen molar-refractivity contribution in [3.8, 4) is 0 Å². The maximum Gasteiger partial charge on any atom is 0.0806 e. The Hall–Kier alpha value is -0.790. The van der Waals surface area contributed by atoms with Gasteiger partial charge in [-0.1, -0.05) is 0 Å². The van der Waals surface area contributed by atoms with Crippen LogP contribution in [-0.2, 0) is 0 Å². The number of rotatable bonds is 1. The summed E-state index contributed by atoms with van der Waals surface area (Å²) in [6.07, 6.45) is 3.03. The van der Waals surface area contributed by atoms with Crippen molar-refractivity contribution in [3.63, 3.8) is 0 Å². The lowest BCUT2D eigenvalue weighted by molar-refractivity contribution is 0.474. The number of hydrogen-bond acceptors (Lipinski definition) is 2. The van der Waals surface area contributed by atoms with Crippen molar-refractivity contribution in [3.05, 3.63) is 12.3 Å². The summed E-state index contributed by atoms with van der Waals surface area (Å²) < 4.78 is 0. The Morgan fingerprint density at radius 3 is 2.20 bits per heavy atom. The van der Waals surface area contributed by atoms with Gasteiger partial charge in [0, 0.05) is 6.21 Å². The van der Waals surface area contributed by atoms with Gasteiger partial charge in [0.1, 0.15) is 0 Å². The molecule has 0 aliphatic carbocycles. The fourth-order valence-electron chi connectivity index (χ4n) is 0.0430. The highest BCUT2D eigenvalue weighted by molar-refractivity contribution is 5.66. The predicted molar refractivity (Wildman–Crippen MR) is 20.6 cm³/mol. The lowest BCUT2D eigenvalue weighted by Gasteiger charge is -1.57. The third-order valence-corrected chi connectivity index (χ3v) is 0.182. The second kappa shape index (κ2) is 3.21. The van der Waals surface area contributed by atoms with Crippen molar-refractivity contribution >= 4 is 6.21 Å². The molecule has 0 aromatic carbocycles. The zero-order valence-corrected chi connectivity index (χ0v) is 2.68. The summed E-state index contributed by atoms with van der Waals surface area (Å²) in [5.74, 6) is 0. The number of allylic oxidation sites excluding steroid dienone is 1. The van der Waals surface area contributed by atoms with Gasteiger partial charge in [-0.15, -0.1) is 0 Å². The minimum Gasteiger partial charge on any atom is -0.516 e. The van der Waals surface area contributed by atoms with E-state index in [1.807, 2.05) is 0 Å². The molecule has 0 spiro atoms. The number of aliphatic hydroxyl groups is 1. The molecule has 5 heavy (non-hydrogen) atoms. The molecule has 0 atom stereocenters. The van der Waals surface area contributed by atoms with E-state index in [-0.39, 0.29) is 0 Å². The second-order valence-electron chi connectivity index (χ2n) is 0.508. The van der Waals surface area contributed by atoms with Gasteiger partial charge in [0.25, 0.3) is 0 Å². The molecule has 0 fully saturated rings. The van der Waals surface area contributed by atoms with E-state index in [1.54, 1.807) is 0 Å². The SMILES string of the molecule is N=C/C=C\O. The molecule has 0 aliphatic rings. The first-order valence-electron chi connectivity index (χ1n) is 1.21. The van der Waals surface area contributed by atoms with Crippen LogP contribution >= 0.6 is 0 Å². The fourth-order valence-corrected chi connectivity index (χ4v) is 0.0430. The Bertz CT molecular complexity index is 48.9. The molecule has 0 amide bonds. The van der Waals surface area contributed by atoms with E-state index in [9.17, 15) is 0 Å². The second-order valence-corrected chi connectivity index (χ2v) is 0.508. The van der Waals surface area contributed by atoms with Gasteiger partial charge in [0.15, 0.2) is 0 Å². The first-order chi connectivity index (χ1) is 2.41. The van der Waals surface area contributed by atoms with E-state index in [4.69, 9.17) is 10.5 Å². The molecule has 0 aromatic heterocycles. The molecule has 0 heterocycles. The number of aliphatic hydroxyl groups excluding tert-OH is 1. The van der Waals surface area contributed by atoms with Crippen molar-refractivity contribution in [2.45, 2.75) is 0 Å². The first-order valence-corrected chi connectivity index (χ1v) is 1.21. The fraction of sp³-hybridized carbons (Fsp3) is 0. The lowest BCUT2D eigenvalue weighted by atomic mass is 10.7. The lowest BCUT2D eigenvalue weighted by Crippen LogP contribution is -1.51. The third kappa shape index (κ3) is 3.21. The minimum atomic E-state index is 0.812. The molecule has 2 heteroatoms. The van der Waals surface area contributed by atoms with Crippen molar-refractivity contribution in [2.24, 2.45) is 0 Å². The molecular formula is C3H5NO. The van der Waals surface area contributed by atoms with Crippen LogP contribution in [0.25, 0.3) is 0 Å². The molecule has 0 saturated carbocycles. The van der Waals surface area contributed by atoms with Crippen LogP contribution in [0.4, 0.5) is 0 Å². The average Bonchev–Trinajstić information content (AvgIpc) is 1.41. The molecule has 2 nitrogen and oxygen atoms in total. The van der Waals surface area contributed by atoms with E-state index in [1.165, 1.54) is 6.08 Å². The largest absolute Gasteiger partial charge is 0.516 e. The van der Waals surface area contributed by atoms with Crippen molar-refractivity contribution in [1.82, 2.24) is 0 Å². The third-order valence-electron chi connectivity index (χ3n) is 0.182. The first kappa shape index (κ1) is 4.21. The smallest absolute Gasteiger partial charge is 0.0806 e. The van der Waals surface area contributed by atoms with Gasteiger partial charge in [-0.3, -0.25) is 0 Å². The van der Waals surface area contributed by atoms with Crippen molar-refractivity contribution < 1.29 is 5.11 Å². The Kier molecular flexibility index (Phi) is 2.70. The van der Waals surface area contributed by atoms with Gasteiger partial charge in [0.05, 0.1) is 6.26 Å². The zero-order valence-electron chi connectivity index (χ0n) is 2.68. The highest BCUT2D eigenvalue weighted by Crippen LogP contribution is 1.50. The summed E-state index contributed by atoms with van der Waals surface area (Å²) in [5, 5.41) is 14.0. The summed E-state index contributed by atoms with van der Waals surface area (Å²) in [6.45, 7) is 0. The Labute approximate surface area is 30.3 Å². The van der Waals surface area contributed by atoms with E-state index in [2.05, 4.69) is 0 Å². The quantitative estimate of drug-likeness (QED) is 0.347. The van der Waals surface area contributed by atoms with E-state index in [0.717, 1.165) is 12.5 Å². The van der Waals surface area contributed by atoms with Crippen molar-refractivity contribution in [2.75, 3.05) is 0 Å². The average molecular weight is 71.1 g/mol. The monoisotopic (exact) mass is 71.0 g/mol. The Balaban J connectivity index is 2.92. The predicted octanol–water partition coefficient (Wildman–Crippen LogP) is 0.708. The summed E-state index contributed by atoms with van der Waals surface area (Å²) >= 11 is 0. The minimum absolute atomic E-state index is 0.812. The van der Waals surface area contributed by atoms with Gasteiger partial charge < -0.3 is 10.5 Å². The molecule has 0 bridgehead atoms. The molecule has 0 rings (SSSR count). The molecular weight excluding hydrogens is 66.0 g/mol. The summed E-state index contributed by atoms with van der Waals surface area (Å²) in [5.41, 5.74) is 0. The highest BCUT2D eigenvalue weighted by Gasteiger charge is 1.45. The molecule has 0 aliphatic heterocycles. The van der Waals surface area contributed by atoms with Crippen LogP contribution in [0, 0.1) is 5.41 Å². The van der Waals surface area contributed by atoms with Crippen LogP contribution in [0.15, 0.2) is 12.3 Å². The van der Waals surface area contributed by atoms with Gasteiger partial charge in [-0.2, -0.15) is 0 Å². The number of hydrogen-bond donors (Lipinski definition) is 2. The van der Waals surface area contributed by atoms with E-state index >= 15 is 0 Å². The Morgan fingerprint density at radius 2 is 2.20 bits per heavy atom. The van der Waals surface area contributed by atoms with Crippen molar-refractivity contribution in [1.29, 1.82) is 5.41 Å². The van der Waals surface area contributed by atoms with Gasteiger partial charge in [0.2, 0.25) is 0 Å². The molecule has 0 unspecified atom stereocenters. The van der Waals surface area contributed by atoms with E-state index < -0.39 is 0 Å². The summed E-state index contributed by atoms with van der Waals surface area (Å²) in [4.78, 5) is 0. The molecule has 0 radical (unpaired) electrons. The van der Waals surface area contributed by atoms with Crippen LogP contribution in [-0.4, -0.2) is 11.3 Å². The van der Waals surface area contributed by atoms with Gasteiger partial charge in [-0.05, 0) is 6.08 Å². The van der Waals surface area contributed by atoms with E-state index in [0.29, 0.717) is 0 Å². The maximum atomic E-state index is 7.73. The summed E-state index contributed by atoms with van der Waals surface area (Å²) in [6, 6.07) is 0. The zero-order chi connectivity index (χ0) is 4.12. The van der Waals surface area contributed by atoms with Crippen LogP contribution < -0.4 is 0 Å². The standard InChI is InChI=1S/C3H5NO/c4-2-1-3-5/h1-5H/b3-1-,4-2?. The van der Waals surface area contributed by atoms with Crippen LogP contribution in [0.3, 0.4) is 0 Å².